The molecule has 0 spiro atoms. The van der Waals surface area contributed by atoms with E-state index < -0.39 is 0 Å². The molecule has 0 saturated carbocycles. The number of carbonyl (C=O) groups excluding carboxylic acids is 1. The van der Waals surface area contributed by atoms with Crippen LogP contribution < -0.4 is 5.73 Å². The maximum Gasteiger partial charge on any atom is 0.251 e. The minimum Gasteiger partial charge on any atom is -0.409 e. The summed E-state index contributed by atoms with van der Waals surface area (Å²) in [4.78, 5) is 13.9. The normalized spacial score (nSPS) is 27.4. The van der Waals surface area contributed by atoms with Crippen molar-refractivity contribution in [3.05, 3.63) is 0 Å². The van der Waals surface area contributed by atoms with E-state index in [1.165, 1.54) is 0 Å². The molecule has 6 heteroatoms. The highest BCUT2D eigenvalue weighted by atomic mass is 16.5. The number of nitrogens with two attached hydrogens (primary N) is 1. The number of amidine groups is 1. The van der Waals surface area contributed by atoms with Gasteiger partial charge in [0, 0.05) is 25.6 Å². The van der Waals surface area contributed by atoms with Crippen molar-refractivity contribution in [2.75, 3.05) is 19.7 Å². The summed E-state index contributed by atoms with van der Waals surface area (Å²) in [6, 6.07) is 0. The van der Waals surface area contributed by atoms with Crippen molar-refractivity contribution < 1.29 is 14.7 Å². The Morgan fingerprint density at radius 3 is 2.59 bits per heavy atom. The lowest BCUT2D eigenvalue weighted by Crippen LogP contribution is -2.45. The quantitative estimate of drug-likeness (QED) is 0.312. The zero-order valence-electron chi connectivity index (χ0n) is 9.84. The van der Waals surface area contributed by atoms with E-state index in [9.17, 15) is 4.79 Å². The van der Waals surface area contributed by atoms with Gasteiger partial charge in [-0.1, -0.05) is 5.16 Å². The van der Waals surface area contributed by atoms with Gasteiger partial charge in [-0.25, -0.2) is 0 Å². The van der Waals surface area contributed by atoms with Gasteiger partial charge < -0.3 is 20.6 Å². The molecule has 0 radical (unpaired) electrons. The fourth-order valence-electron chi connectivity index (χ4n) is 2.45. The van der Waals surface area contributed by atoms with Crippen LogP contribution in [0.25, 0.3) is 0 Å². The van der Waals surface area contributed by atoms with Gasteiger partial charge in [0.25, 0.3) is 5.91 Å². The predicted octanol–water partition coefficient (Wildman–Crippen LogP) is 0.150. The first kappa shape index (κ1) is 12.2. The molecular formula is C11H19N3O3. The summed E-state index contributed by atoms with van der Waals surface area (Å²) in [6.45, 7) is 2.02. The highest BCUT2D eigenvalue weighted by molar-refractivity contribution is 5.84. The first-order valence-electron chi connectivity index (χ1n) is 6.10. The first-order valence-corrected chi connectivity index (χ1v) is 6.10. The largest absolute Gasteiger partial charge is 0.409 e. The summed E-state index contributed by atoms with van der Waals surface area (Å²) in [7, 11) is 0. The second kappa shape index (κ2) is 5.35. The van der Waals surface area contributed by atoms with Gasteiger partial charge in [-0.3, -0.25) is 4.79 Å². The second-order valence-corrected chi connectivity index (χ2v) is 4.63. The molecule has 3 N–H and O–H groups in total. The number of rotatable bonds is 2. The van der Waals surface area contributed by atoms with Gasteiger partial charge in [0.15, 0.2) is 0 Å². The Balaban J connectivity index is 1.84. The van der Waals surface area contributed by atoms with Crippen molar-refractivity contribution in [2.45, 2.75) is 31.8 Å². The molecule has 2 fully saturated rings. The number of ether oxygens (including phenoxy) is 1. The fourth-order valence-corrected chi connectivity index (χ4v) is 2.45. The van der Waals surface area contributed by atoms with E-state index in [1.807, 2.05) is 4.90 Å². The first-order chi connectivity index (χ1) is 8.22. The monoisotopic (exact) mass is 241 g/mol. The van der Waals surface area contributed by atoms with Crippen molar-refractivity contribution in [1.29, 1.82) is 0 Å². The minimum atomic E-state index is -0.240. The summed E-state index contributed by atoms with van der Waals surface area (Å²) in [6.07, 6.45) is 3.08. The third-order valence-corrected chi connectivity index (χ3v) is 3.55. The molecule has 2 heterocycles. The Hall–Kier alpha value is -1.30. The van der Waals surface area contributed by atoms with Gasteiger partial charge in [0.1, 0.15) is 11.9 Å². The molecule has 1 unspecified atom stereocenters. The van der Waals surface area contributed by atoms with Crippen molar-refractivity contribution in [2.24, 2.45) is 16.8 Å². The van der Waals surface area contributed by atoms with Gasteiger partial charge in [-0.15, -0.1) is 0 Å². The molecule has 2 aliphatic rings. The summed E-state index contributed by atoms with van der Waals surface area (Å²) >= 11 is 0. The lowest BCUT2D eigenvalue weighted by Gasteiger charge is -2.32. The molecule has 0 aromatic rings. The lowest BCUT2D eigenvalue weighted by atomic mass is 9.95. The van der Waals surface area contributed by atoms with Gasteiger partial charge in [-0.2, -0.15) is 0 Å². The fraction of sp³-hybridized carbons (Fsp3) is 0.818. The molecule has 2 rings (SSSR count). The molecule has 17 heavy (non-hydrogen) atoms. The maximum atomic E-state index is 12.0. The number of hydrogen-bond acceptors (Lipinski definition) is 4. The van der Waals surface area contributed by atoms with E-state index in [0.29, 0.717) is 19.7 Å². The lowest BCUT2D eigenvalue weighted by molar-refractivity contribution is -0.142. The Morgan fingerprint density at radius 2 is 2.06 bits per heavy atom. The molecule has 0 aromatic heterocycles. The Bertz CT molecular complexity index is 305. The molecule has 1 atom stereocenters. The van der Waals surface area contributed by atoms with Crippen LogP contribution in [-0.2, 0) is 9.53 Å². The molecule has 6 nitrogen and oxygen atoms in total. The van der Waals surface area contributed by atoms with Gasteiger partial charge in [0.2, 0.25) is 0 Å². The van der Waals surface area contributed by atoms with Crippen LogP contribution in [0.15, 0.2) is 5.16 Å². The summed E-state index contributed by atoms with van der Waals surface area (Å²) in [5, 5.41) is 11.6. The van der Waals surface area contributed by atoms with E-state index in [0.717, 1.165) is 25.7 Å². The molecule has 2 saturated heterocycles. The van der Waals surface area contributed by atoms with E-state index in [2.05, 4.69) is 5.16 Å². The SMILES string of the molecule is NC(=NO)C1CCN(C(=O)C2CCCO2)CC1. The van der Waals surface area contributed by atoms with Gasteiger partial charge in [0.05, 0.1) is 0 Å². The number of hydrogen-bond donors (Lipinski definition) is 2. The van der Waals surface area contributed by atoms with Crippen LogP contribution in [0.5, 0.6) is 0 Å². The minimum absolute atomic E-state index is 0.0912. The van der Waals surface area contributed by atoms with Crippen LogP contribution in [0, 0.1) is 5.92 Å². The molecule has 2 aliphatic heterocycles. The van der Waals surface area contributed by atoms with Crippen LogP contribution in [-0.4, -0.2) is 47.7 Å². The topological polar surface area (TPSA) is 88.2 Å². The highest BCUT2D eigenvalue weighted by Crippen LogP contribution is 2.21. The molecular weight excluding hydrogens is 222 g/mol. The second-order valence-electron chi connectivity index (χ2n) is 4.63. The smallest absolute Gasteiger partial charge is 0.251 e. The Kier molecular flexibility index (Phi) is 3.83. The van der Waals surface area contributed by atoms with Crippen molar-refractivity contribution in [3.63, 3.8) is 0 Å². The Morgan fingerprint density at radius 1 is 1.35 bits per heavy atom. The number of piperidine rings is 1. The average Bonchev–Trinajstić information content (AvgIpc) is 2.91. The highest BCUT2D eigenvalue weighted by Gasteiger charge is 2.31. The molecule has 0 aromatic carbocycles. The van der Waals surface area contributed by atoms with E-state index in [1.54, 1.807) is 0 Å². The van der Waals surface area contributed by atoms with Crippen LogP contribution in [0.4, 0.5) is 0 Å². The number of likely N-dealkylation sites (tertiary alicyclic amines) is 1. The van der Waals surface area contributed by atoms with Gasteiger partial charge >= 0.3 is 0 Å². The summed E-state index contributed by atoms with van der Waals surface area (Å²) in [5.41, 5.74) is 5.56. The average molecular weight is 241 g/mol. The van der Waals surface area contributed by atoms with Crippen molar-refractivity contribution >= 4 is 11.7 Å². The predicted molar refractivity (Wildman–Crippen MR) is 61.7 cm³/mol. The molecule has 0 bridgehead atoms. The van der Waals surface area contributed by atoms with E-state index >= 15 is 0 Å². The standard InChI is InChI=1S/C11H19N3O3/c12-10(13-16)8-3-5-14(6-4-8)11(15)9-2-1-7-17-9/h8-9,16H,1-7H2,(H2,12,13). The third-order valence-electron chi connectivity index (χ3n) is 3.55. The zero-order chi connectivity index (χ0) is 12.3. The number of nitrogens with zero attached hydrogens (tertiary/aromatic N) is 2. The van der Waals surface area contributed by atoms with Crippen LogP contribution in [0.3, 0.4) is 0 Å². The zero-order valence-corrected chi connectivity index (χ0v) is 9.84. The van der Waals surface area contributed by atoms with E-state index in [4.69, 9.17) is 15.7 Å². The number of oxime groups is 1. The van der Waals surface area contributed by atoms with Crippen molar-refractivity contribution in [1.82, 2.24) is 4.90 Å². The Labute approximate surface area is 100 Å². The number of amides is 1. The summed E-state index contributed by atoms with van der Waals surface area (Å²) < 4.78 is 5.38. The van der Waals surface area contributed by atoms with Crippen LogP contribution in [0.2, 0.25) is 0 Å². The molecule has 1 amide bonds. The third kappa shape index (κ3) is 2.69. The van der Waals surface area contributed by atoms with Gasteiger partial charge in [-0.05, 0) is 25.7 Å². The maximum absolute atomic E-state index is 12.0. The van der Waals surface area contributed by atoms with E-state index in [-0.39, 0.29) is 23.8 Å². The van der Waals surface area contributed by atoms with Crippen molar-refractivity contribution in [3.8, 4) is 0 Å². The summed E-state index contributed by atoms with van der Waals surface area (Å²) in [5.74, 6) is 0.461. The number of carbonyl (C=O) groups is 1. The molecule has 96 valence electrons. The van der Waals surface area contributed by atoms with Crippen LogP contribution >= 0.6 is 0 Å². The van der Waals surface area contributed by atoms with Crippen LogP contribution in [0.1, 0.15) is 25.7 Å². The molecule has 0 aliphatic carbocycles.